The van der Waals surface area contributed by atoms with Gasteiger partial charge in [0.15, 0.2) is 5.89 Å². The van der Waals surface area contributed by atoms with Crippen LogP contribution < -0.4 is 4.90 Å². The first-order valence-electron chi connectivity index (χ1n) is 8.23. The van der Waals surface area contributed by atoms with Gasteiger partial charge in [0.25, 0.3) is 5.91 Å². The van der Waals surface area contributed by atoms with Crippen LogP contribution >= 0.6 is 0 Å². The highest BCUT2D eigenvalue weighted by molar-refractivity contribution is 5.92. The highest BCUT2D eigenvalue weighted by Gasteiger charge is 2.28. The molecule has 2 aromatic rings. The van der Waals surface area contributed by atoms with E-state index in [4.69, 9.17) is 4.42 Å². The highest BCUT2D eigenvalue weighted by Crippen LogP contribution is 2.23. The van der Waals surface area contributed by atoms with E-state index in [0.29, 0.717) is 37.8 Å². The Morgan fingerprint density at radius 1 is 1.17 bits per heavy atom. The zero-order valence-corrected chi connectivity index (χ0v) is 14.3. The van der Waals surface area contributed by atoms with E-state index in [1.807, 2.05) is 13.8 Å². The van der Waals surface area contributed by atoms with E-state index in [9.17, 15) is 9.18 Å². The first-order valence-corrected chi connectivity index (χ1v) is 8.23. The van der Waals surface area contributed by atoms with Gasteiger partial charge >= 0.3 is 0 Å². The van der Waals surface area contributed by atoms with Crippen molar-refractivity contribution in [3.63, 3.8) is 0 Å². The number of hydrogen-bond donors (Lipinski definition) is 0. The molecule has 5 nitrogen and oxygen atoms in total. The van der Waals surface area contributed by atoms with Gasteiger partial charge < -0.3 is 14.2 Å². The fourth-order valence-corrected chi connectivity index (χ4v) is 2.95. The van der Waals surface area contributed by atoms with E-state index in [2.05, 4.69) is 9.88 Å². The molecule has 6 heteroatoms. The molecule has 0 bridgehead atoms. The summed E-state index contributed by atoms with van der Waals surface area (Å²) >= 11 is 0. The van der Waals surface area contributed by atoms with Crippen LogP contribution in [0.15, 0.2) is 28.7 Å². The molecule has 1 aliphatic heterocycles. The average molecular weight is 331 g/mol. The zero-order valence-electron chi connectivity index (χ0n) is 14.3. The molecule has 3 rings (SSSR count). The van der Waals surface area contributed by atoms with Crippen LogP contribution in [0.25, 0.3) is 0 Å². The Kier molecular flexibility index (Phi) is 4.55. The first-order chi connectivity index (χ1) is 11.5. The summed E-state index contributed by atoms with van der Waals surface area (Å²) in [6.45, 7) is 8.39. The number of benzene rings is 1. The Hall–Kier alpha value is -2.37. The summed E-state index contributed by atoms with van der Waals surface area (Å²) in [5.74, 6) is 0.680. The molecule has 0 aliphatic carbocycles. The average Bonchev–Trinajstić information content (AvgIpc) is 2.97. The fourth-order valence-electron chi connectivity index (χ4n) is 2.95. The van der Waals surface area contributed by atoms with Crippen molar-refractivity contribution < 1.29 is 13.6 Å². The van der Waals surface area contributed by atoms with Gasteiger partial charge in [0.2, 0.25) is 5.76 Å². The summed E-state index contributed by atoms with van der Waals surface area (Å²) in [7, 11) is 0. The van der Waals surface area contributed by atoms with Gasteiger partial charge in [-0.2, -0.15) is 0 Å². The predicted molar refractivity (Wildman–Crippen MR) is 89.8 cm³/mol. The lowest BCUT2D eigenvalue weighted by molar-refractivity contribution is 0.0711. The maximum Gasteiger partial charge on any atom is 0.291 e. The van der Waals surface area contributed by atoms with Crippen molar-refractivity contribution in [2.75, 3.05) is 31.1 Å². The summed E-state index contributed by atoms with van der Waals surface area (Å²) in [6.07, 6.45) is 0. The van der Waals surface area contributed by atoms with Crippen LogP contribution in [0.5, 0.6) is 0 Å². The molecule has 0 radical (unpaired) electrons. The Morgan fingerprint density at radius 3 is 2.38 bits per heavy atom. The number of halogens is 1. The van der Waals surface area contributed by atoms with Crippen molar-refractivity contribution in [2.24, 2.45) is 0 Å². The minimum Gasteiger partial charge on any atom is -0.436 e. The molecule has 1 aromatic carbocycles. The number of hydrogen-bond acceptors (Lipinski definition) is 4. The molecule has 1 aliphatic rings. The second-order valence-electron chi connectivity index (χ2n) is 6.36. The van der Waals surface area contributed by atoms with Gasteiger partial charge in [0.1, 0.15) is 5.82 Å². The number of aromatic nitrogens is 1. The number of carbonyl (C=O) groups excluding carboxylic acids is 1. The van der Waals surface area contributed by atoms with Gasteiger partial charge in [-0.15, -0.1) is 0 Å². The van der Waals surface area contributed by atoms with Crippen molar-refractivity contribution in [3.8, 4) is 0 Å². The molecule has 24 heavy (non-hydrogen) atoms. The Bertz CT molecular complexity index is 716. The maximum atomic E-state index is 13.0. The van der Waals surface area contributed by atoms with Crippen molar-refractivity contribution in [2.45, 2.75) is 26.7 Å². The number of aryl methyl sites for hydroxylation is 1. The van der Waals surface area contributed by atoms with E-state index in [0.717, 1.165) is 11.4 Å². The number of piperazine rings is 1. The third-order valence-electron chi connectivity index (χ3n) is 4.26. The summed E-state index contributed by atoms with van der Waals surface area (Å²) in [4.78, 5) is 21.0. The first kappa shape index (κ1) is 16.5. The third kappa shape index (κ3) is 3.27. The quantitative estimate of drug-likeness (QED) is 0.866. The predicted octanol–water partition coefficient (Wildman–Crippen LogP) is 3.21. The van der Waals surface area contributed by atoms with Crippen LogP contribution in [-0.4, -0.2) is 42.0 Å². The summed E-state index contributed by atoms with van der Waals surface area (Å²) in [6, 6.07) is 6.45. The van der Waals surface area contributed by atoms with E-state index < -0.39 is 0 Å². The molecule has 1 amide bonds. The lowest BCUT2D eigenvalue weighted by Crippen LogP contribution is -2.48. The summed E-state index contributed by atoms with van der Waals surface area (Å²) in [5, 5.41) is 0. The number of carbonyl (C=O) groups is 1. The Morgan fingerprint density at radius 2 is 1.79 bits per heavy atom. The normalized spacial score (nSPS) is 15.2. The van der Waals surface area contributed by atoms with Gasteiger partial charge in [-0.05, 0) is 30.2 Å². The Labute approximate surface area is 141 Å². The molecule has 1 aromatic heterocycles. The topological polar surface area (TPSA) is 49.6 Å². The van der Waals surface area contributed by atoms with Crippen LogP contribution in [-0.2, 0) is 0 Å². The molecule has 128 valence electrons. The molecule has 1 fully saturated rings. The van der Waals surface area contributed by atoms with Crippen molar-refractivity contribution in [1.82, 2.24) is 9.88 Å². The molecule has 0 unspecified atom stereocenters. The number of anilines is 1. The van der Waals surface area contributed by atoms with Crippen LogP contribution in [0.2, 0.25) is 0 Å². The third-order valence-corrected chi connectivity index (χ3v) is 4.26. The highest BCUT2D eigenvalue weighted by atomic mass is 19.1. The monoisotopic (exact) mass is 331 g/mol. The van der Waals surface area contributed by atoms with Crippen LogP contribution in [0.3, 0.4) is 0 Å². The molecule has 0 saturated carbocycles. The van der Waals surface area contributed by atoms with E-state index in [1.165, 1.54) is 12.1 Å². The SMILES string of the molecule is Cc1nc(C(C)C)c(C(=O)N2CCN(c3ccc(F)cc3)CC2)o1. The molecule has 1 saturated heterocycles. The van der Waals surface area contributed by atoms with Gasteiger partial charge in [-0.25, -0.2) is 9.37 Å². The van der Waals surface area contributed by atoms with Crippen LogP contribution in [0, 0.1) is 12.7 Å². The fraction of sp³-hybridized carbons (Fsp3) is 0.444. The van der Waals surface area contributed by atoms with Crippen molar-refractivity contribution in [3.05, 3.63) is 47.4 Å². The number of rotatable bonds is 3. The molecule has 0 atom stereocenters. The van der Waals surface area contributed by atoms with Gasteiger partial charge in [0.05, 0.1) is 5.69 Å². The molecule has 2 heterocycles. The van der Waals surface area contributed by atoms with Crippen LogP contribution in [0.4, 0.5) is 10.1 Å². The van der Waals surface area contributed by atoms with Gasteiger partial charge in [-0.3, -0.25) is 4.79 Å². The zero-order chi connectivity index (χ0) is 17.3. The van der Waals surface area contributed by atoms with E-state index >= 15 is 0 Å². The largest absolute Gasteiger partial charge is 0.436 e. The standard InChI is InChI=1S/C18H22FN3O2/c1-12(2)16-17(24-13(3)20-16)18(23)22-10-8-21(9-11-22)15-6-4-14(19)5-7-15/h4-7,12H,8-11H2,1-3H3. The smallest absolute Gasteiger partial charge is 0.291 e. The van der Waals surface area contributed by atoms with Crippen molar-refractivity contribution in [1.29, 1.82) is 0 Å². The summed E-state index contributed by atoms with van der Waals surface area (Å²) in [5.41, 5.74) is 1.69. The molecular weight excluding hydrogens is 309 g/mol. The van der Waals surface area contributed by atoms with Gasteiger partial charge in [-0.1, -0.05) is 13.8 Å². The lowest BCUT2D eigenvalue weighted by atomic mass is 10.1. The Balaban J connectivity index is 1.68. The van der Waals surface area contributed by atoms with Crippen LogP contribution in [0.1, 0.15) is 41.9 Å². The van der Waals surface area contributed by atoms with Crippen molar-refractivity contribution >= 4 is 11.6 Å². The molecular formula is C18H22FN3O2. The second kappa shape index (κ2) is 6.63. The van der Waals surface area contributed by atoms with E-state index in [-0.39, 0.29) is 17.6 Å². The summed E-state index contributed by atoms with van der Waals surface area (Å²) < 4.78 is 18.6. The van der Waals surface area contributed by atoms with Gasteiger partial charge in [0, 0.05) is 38.8 Å². The number of oxazole rings is 1. The van der Waals surface area contributed by atoms with E-state index in [1.54, 1.807) is 24.0 Å². The second-order valence-corrected chi connectivity index (χ2v) is 6.36. The number of amides is 1. The number of nitrogens with zero attached hydrogens (tertiary/aromatic N) is 3. The minimum absolute atomic E-state index is 0.0990. The minimum atomic E-state index is -0.241. The molecule has 0 N–H and O–H groups in total. The molecule has 0 spiro atoms. The maximum absolute atomic E-state index is 13.0. The lowest BCUT2D eigenvalue weighted by Gasteiger charge is -2.35.